The lowest BCUT2D eigenvalue weighted by Crippen LogP contribution is -2.65. The van der Waals surface area contributed by atoms with Crippen LogP contribution >= 0.6 is 12.4 Å². The quantitative estimate of drug-likeness (QED) is 0.466. The largest absolute Gasteiger partial charge is 0.374 e. The minimum atomic E-state index is -0.249. The van der Waals surface area contributed by atoms with E-state index in [9.17, 15) is 4.39 Å². The number of pyridine rings is 1. The second-order valence-corrected chi connectivity index (χ2v) is 8.51. The maximum absolute atomic E-state index is 13.3. The molecule has 2 aromatic heterocycles. The number of hydrogen-bond donors (Lipinski definition) is 2. The van der Waals surface area contributed by atoms with Crippen LogP contribution in [0, 0.1) is 11.7 Å². The number of hydrogen-bond acceptors (Lipinski definition) is 7. The van der Waals surface area contributed by atoms with E-state index >= 15 is 0 Å². The van der Waals surface area contributed by atoms with Crippen LogP contribution < -0.4 is 15.5 Å². The Hall–Kier alpha value is -2.97. The monoisotopic (exact) mass is 472 g/mol. The second-order valence-electron chi connectivity index (χ2n) is 8.51. The van der Waals surface area contributed by atoms with Gasteiger partial charge in [0.1, 0.15) is 28.9 Å². The molecular weight excluding hydrogens is 443 g/mol. The van der Waals surface area contributed by atoms with Crippen LogP contribution in [0.15, 0.2) is 55.0 Å². The van der Waals surface area contributed by atoms with E-state index in [0.717, 1.165) is 24.3 Å². The second kappa shape index (κ2) is 10.3. The van der Waals surface area contributed by atoms with Crippen LogP contribution in [0.5, 0.6) is 0 Å². The summed E-state index contributed by atoms with van der Waals surface area (Å²) >= 11 is 0. The Morgan fingerprint density at radius 2 is 1.73 bits per heavy atom. The number of nitrogens with one attached hydrogen (secondary N) is 2. The number of halogens is 2. The minimum absolute atomic E-state index is 0. The Morgan fingerprint density at radius 3 is 2.33 bits per heavy atom. The van der Waals surface area contributed by atoms with E-state index in [0.29, 0.717) is 23.4 Å². The molecule has 9 heteroatoms. The highest BCUT2D eigenvalue weighted by molar-refractivity contribution is 5.85. The number of aromatic nitrogens is 3. The Balaban J connectivity index is 0.00000306. The first-order valence-corrected chi connectivity index (χ1v) is 10.8. The molecule has 1 unspecified atom stereocenters. The van der Waals surface area contributed by atoms with Gasteiger partial charge in [-0.3, -0.25) is 4.98 Å². The first-order valence-electron chi connectivity index (χ1n) is 10.8. The van der Waals surface area contributed by atoms with Gasteiger partial charge in [-0.15, -0.1) is 12.4 Å². The van der Waals surface area contributed by atoms with Crippen molar-refractivity contribution in [1.29, 1.82) is 0 Å². The molecule has 1 saturated heterocycles. The van der Waals surface area contributed by atoms with Gasteiger partial charge in [0.25, 0.3) is 0 Å². The molecule has 1 aromatic carbocycles. The van der Waals surface area contributed by atoms with Gasteiger partial charge in [0.15, 0.2) is 0 Å². The summed E-state index contributed by atoms with van der Waals surface area (Å²) in [6, 6.07) is 10.5. The SMILES string of the molecule is COC1(C(C)C)CN(c2cc(Nc3cnccn3)nc(NC(C)c3ccc(F)cc3)c2)C1.Cl. The van der Waals surface area contributed by atoms with Crippen LogP contribution in [0.3, 0.4) is 0 Å². The Kier molecular flexibility index (Phi) is 7.71. The van der Waals surface area contributed by atoms with Crippen LogP contribution in [-0.2, 0) is 4.74 Å². The topological polar surface area (TPSA) is 75.2 Å². The molecule has 1 atom stereocenters. The molecule has 1 aliphatic rings. The van der Waals surface area contributed by atoms with Crippen molar-refractivity contribution in [3.05, 3.63) is 66.4 Å². The normalized spacial score (nSPS) is 15.4. The van der Waals surface area contributed by atoms with Crippen molar-refractivity contribution in [1.82, 2.24) is 15.0 Å². The molecule has 3 aromatic rings. The average Bonchev–Trinajstić information content (AvgIpc) is 2.74. The highest BCUT2D eigenvalue weighted by Gasteiger charge is 2.46. The van der Waals surface area contributed by atoms with Gasteiger partial charge in [-0.2, -0.15) is 0 Å². The molecule has 0 amide bonds. The molecule has 0 saturated carbocycles. The van der Waals surface area contributed by atoms with E-state index in [1.807, 2.05) is 19.1 Å². The number of benzene rings is 1. The number of rotatable bonds is 8. The summed E-state index contributed by atoms with van der Waals surface area (Å²) in [5.41, 5.74) is 1.87. The standard InChI is InChI=1S/C24H29FN6O.ClH/c1-16(2)24(32-4)14-31(15-24)20-11-21(28-17(3)18-5-7-19(25)8-6-18)29-22(12-20)30-23-13-26-9-10-27-23;/h5-13,16-17H,14-15H2,1-4H3,(H2,27,28,29,30);1H. The zero-order chi connectivity index (χ0) is 22.7. The van der Waals surface area contributed by atoms with Crippen molar-refractivity contribution in [2.75, 3.05) is 35.7 Å². The first kappa shape index (κ1) is 24.7. The summed E-state index contributed by atoms with van der Waals surface area (Å²) in [5.74, 6) is 2.16. The van der Waals surface area contributed by atoms with Gasteiger partial charge in [0.2, 0.25) is 0 Å². The molecule has 4 rings (SSSR count). The van der Waals surface area contributed by atoms with Gasteiger partial charge in [0, 0.05) is 56.5 Å². The fraction of sp³-hybridized carbons (Fsp3) is 0.375. The lowest BCUT2D eigenvalue weighted by atomic mass is 9.82. The molecule has 0 radical (unpaired) electrons. The maximum atomic E-state index is 13.3. The summed E-state index contributed by atoms with van der Waals surface area (Å²) in [7, 11) is 1.78. The summed E-state index contributed by atoms with van der Waals surface area (Å²) < 4.78 is 19.1. The first-order chi connectivity index (χ1) is 15.4. The third-order valence-electron chi connectivity index (χ3n) is 6.10. The fourth-order valence-electron chi connectivity index (χ4n) is 3.90. The molecule has 176 valence electrons. The molecule has 7 nitrogen and oxygen atoms in total. The number of anilines is 4. The predicted molar refractivity (Wildman–Crippen MR) is 132 cm³/mol. The third kappa shape index (κ3) is 5.51. The van der Waals surface area contributed by atoms with E-state index in [-0.39, 0.29) is 29.9 Å². The van der Waals surface area contributed by atoms with E-state index in [2.05, 4.69) is 39.3 Å². The van der Waals surface area contributed by atoms with Crippen LogP contribution in [0.4, 0.5) is 27.5 Å². The summed E-state index contributed by atoms with van der Waals surface area (Å²) in [6.45, 7) is 8.01. The molecular formula is C24H30ClFN6O. The maximum Gasteiger partial charge on any atom is 0.150 e. The molecule has 2 N–H and O–H groups in total. The summed E-state index contributed by atoms with van der Waals surface area (Å²) in [4.78, 5) is 15.4. The van der Waals surface area contributed by atoms with Crippen molar-refractivity contribution in [2.45, 2.75) is 32.4 Å². The van der Waals surface area contributed by atoms with Gasteiger partial charge in [0.05, 0.1) is 6.20 Å². The van der Waals surface area contributed by atoms with Gasteiger partial charge in [-0.05, 0) is 30.5 Å². The Morgan fingerprint density at radius 1 is 1.03 bits per heavy atom. The molecule has 33 heavy (non-hydrogen) atoms. The number of ether oxygens (including phenoxy) is 1. The van der Waals surface area contributed by atoms with E-state index < -0.39 is 0 Å². The molecule has 3 heterocycles. The van der Waals surface area contributed by atoms with Gasteiger partial charge >= 0.3 is 0 Å². The predicted octanol–water partition coefficient (Wildman–Crippen LogP) is 5.21. The van der Waals surface area contributed by atoms with Crippen LogP contribution in [0.1, 0.15) is 32.4 Å². The number of nitrogens with zero attached hydrogens (tertiary/aromatic N) is 4. The van der Waals surface area contributed by atoms with Gasteiger partial charge < -0.3 is 20.3 Å². The van der Waals surface area contributed by atoms with Crippen molar-refractivity contribution < 1.29 is 9.13 Å². The Bertz CT molecular complexity index is 1040. The Labute approximate surface area is 200 Å². The smallest absolute Gasteiger partial charge is 0.150 e. The molecule has 1 fully saturated rings. The lowest BCUT2D eigenvalue weighted by molar-refractivity contribution is -0.0684. The summed E-state index contributed by atoms with van der Waals surface area (Å²) in [5, 5.41) is 6.67. The zero-order valence-corrected chi connectivity index (χ0v) is 20.1. The van der Waals surface area contributed by atoms with Crippen LogP contribution in [0.2, 0.25) is 0 Å². The van der Waals surface area contributed by atoms with E-state index in [4.69, 9.17) is 9.72 Å². The molecule has 0 aliphatic carbocycles. The minimum Gasteiger partial charge on any atom is -0.374 e. The van der Waals surface area contributed by atoms with Gasteiger partial charge in [-0.25, -0.2) is 14.4 Å². The van der Waals surface area contributed by atoms with Crippen molar-refractivity contribution in [3.63, 3.8) is 0 Å². The van der Waals surface area contributed by atoms with E-state index in [1.165, 1.54) is 12.1 Å². The summed E-state index contributed by atoms with van der Waals surface area (Å²) in [6.07, 6.45) is 4.91. The van der Waals surface area contributed by atoms with Crippen LogP contribution in [-0.4, -0.2) is 40.8 Å². The van der Waals surface area contributed by atoms with Gasteiger partial charge in [-0.1, -0.05) is 26.0 Å². The molecule has 0 spiro atoms. The number of methoxy groups -OCH3 is 1. The van der Waals surface area contributed by atoms with Crippen LogP contribution in [0.25, 0.3) is 0 Å². The molecule has 1 aliphatic heterocycles. The highest BCUT2D eigenvalue weighted by atomic mass is 35.5. The average molecular weight is 473 g/mol. The highest BCUT2D eigenvalue weighted by Crippen LogP contribution is 2.37. The lowest BCUT2D eigenvalue weighted by Gasteiger charge is -2.52. The van der Waals surface area contributed by atoms with Crippen molar-refractivity contribution in [3.8, 4) is 0 Å². The zero-order valence-electron chi connectivity index (χ0n) is 19.2. The molecule has 0 bridgehead atoms. The fourth-order valence-corrected chi connectivity index (χ4v) is 3.90. The van der Waals surface area contributed by atoms with E-state index in [1.54, 1.807) is 37.8 Å². The third-order valence-corrected chi connectivity index (χ3v) is 6.10. The van der Waals surface area contributed by atoms with Crippen molar-refractivity contribution >= 4 is 35.5 Å². The van der Waals surface area contributed by atoms with Crippen molar-refractivity contribution in [2.24, 2.45) is 5.92 Å².